The predicted octanol–water partition coefficient (Wildman–Crippen LogP) is 2.08. The lowest BCUT2D eigenvalue weighted by Crippen LogP contribution is -1.95. The van der Waals surface area contributed by atoms with Gasteiger partial charge in [0, 0.05) is 21.2 Å². The SMILES string of the molecule is Cc1ccc(S(=O)(=O)C#CBr)cc1. The molecule has 0 bridgehead atoms. The molecule has 0 unspecified atom stereocenters. The van der Waals surface area contributed by atoms with Crippen molar-refractivity contribution in [2.75, 3.05) is 0 Å². The molecule has 0 N–H and O–H groups in total. The number of rotatable bonds is 1. The van der Waals surface area contributed by atoms with Crippen LogP contribution in [0.25, 0.3) is 0 Å². The van der Waals surface area contributed by atoms with Crippen LogP contribution < -0.4 is 0 Å². The van der Waals surface area contributed by atoms with Gasteiger partial charge < -0.3 is 0 Å². The van der Waals surface area contributed by atoms with Gasteiger partial charge in [-0.1, -0.05) is 17.7 Å². The average molecular weight is 259 g/mol. The second-order valence-corrected chi connectivity index (χ2v) is 4.59. The molecule has 1 aromatic rings. The number of benzene rings is 1. The van der Waals surface area contributed by atoms with Gasteiger partial charge in [0.25, 0.3) is 0 Å². The Balaban J connectivity index is 3.22. The van der Waals surface area contributed by atoms with Crippen LogP contribution in [-0.2, 0) is 9.84 Å². The number of halogens is 1. The maximum atomic E-state index is 11.3. The van der Waals surface area contributed by atoms with Crippen LogP contribution in [0.4, 0.5) is 0 Å². The molecular formula is C9H7BrO2S. The molecule has 0 saturated heterocycles. The summed E-state index contributed by atoms with van der Waals surface area (Å²) in [6, 6.07) is 6.57. The van der Waals surface area contributed by atoms with Crippen molar-refractivity contribution in [3.63, 3.8) is 0 Å². The fourth-order valence-electron chi connectivity index (χ4n) is 0.827. The van der Waals surface area contributed by atoms with E-state index < -0.39 is 9.84 Å². The fraction of sp³-hybridized carbons (Fsp3) is 0.111. The van der Waals surface area contributed by atoms with E-state index in [9.17, 15) is 8.42 Å². The van der Waals surface area contributed by atoms with Gasteiger partial charge in [0.15, 0.2) is 0 Å². The van der Waals surface area contributed by atoms with E-state index in [0.29, 0.717) is 0 Å². The molecule has 0 atom stereocenters. The summed E-state index contributed by atoms with van der Waals surface area (Å²) in [7, 11) is -3.44. The summed E-state index contributed by atoms with van der Waals surface area (Å²) in [5, 5.41) is 2.10. The number of hydrogen-bond acceptors (Lipinski definition) is 2. The van der Waals surface area contributed by atoms with E-state index in [-0.39, 0.29) is 4.90 Å². The van der Waals surface area contributed by atoms with Gasteiger partial charge >= 0.3 is 0 Å². The second-order valence-electron chi connectivity index (χ2n) is 2.51. The summed E-state index contributed by atoms with van der Waals surface area (Å²) in [5.41, 5.74) is 1.02. The van der Waals surface area contributed by atoms with E-state index in [1.165, 1.54) is 0 Å². The Kier molecular flexibility index (Phi) is 3.12. The molecule has 0 aliphatic carbocycles. The fourth-order valence-corrected chi connectivity index (χ4v) is 2.18. The van der Waals surface area contributed by atoms with Crippen molar-refractivity contribution in [1.29, 1.82) is 0 Å². The van der Waals surface area contributed by atoms with E-state index >= 15 is 0 Å². The average Bonchev–Trinajstić information content (AvgIpc) is 2.05. The Morgan fingerprint density at radius 1 is 1.23 bits per heavy atom. The summed E-state index contributed by atoms with van der Waals surface area (Å²) in [4.78, 5) is 2.42. The lowest BCUT2D eigenvalue weighted by atomic mass is 10.2. The Morgan fingerprint density at radius 2 is 1.77 bits per heavy atom. The molecule has 2 nitrogen and oxygen atoms in total. The standard InChI is InChI=1S/C9H7BrO2S/c1-8-2-4-9(5-3-8)13(11,12)7-6-10/h2-5H,1H3. The minimum absolute atomic E-state index is 0.227. The summed E-state index contributed by atoms with van der Waals surface area (Å²) < 4.78 is 22.7. The van der Waals surface area contributed by atoms with Crippen LogP contribution >= 0.6 is 15.9 Å². The predicted molar refractivity (Wildman–Crippen MR) is 55.1 cm³/mol. The van der Waals surface area contributed by atoms with Gasteiger partial charge in [-0.25, -0.2) is 8.42 Å². The molecule has 0 aliphatic heterocycles. The Hall–Kier alpha value is -0.790. The highest BCUT2D eigenvalue weighted by Gasteiger charge is 2.08. The van der Waals surface area contributed by atoms with Crippen LogP contribution in [0.1, 0.15) is 5.56 Å². The molecule has 0 aromatic heterocycles. The third-order valence-corrected chi connectivity index (χ3v) is 3.23. The molecule has 1 aromatic carbocycles. The second kappa shape index (κ2) is 3.95. The van der Waals surface area contributed by atoms with Gasteiger partial charge in [0.2, 0.25) is 9.84 Å². The van der Waals surface area contributed by atoms with Crippen LogP contribution in [0.5, 0.6) is 0 Å². The minimum Gasteiger partial charge on any atom is -0.210 e. The van der Waals surface area contributed by atoms with Crippen molar-refractivity contribution in [1.82, 2.24) is 0 Å². The summed E-state index contributed by atoms with van der Waals surface area (Å²) in [6.45, 7) is 1.90. The first-order chi connectivity index (χ1) is 6.06. The summed E-state index contributed by atoms with van der Waals surface area (Å²) in [6.07, 6.45) is 0. The third-order valence-electron chi connectivity index (χ3n) is 1.50. The molecule has 4 heteroatoms. The van der Waals surface area contributed by atoms with E-state index in [4.69, 9.17) is 0 Å². The highest BCUT2D eigenvalue weighted by atomic mass is 79.9. The van der Waals surface area contributed by atoms with Crippen molar-refractivity contribution in [3.05, 3.63) is 29.8 Å². The van der Waals surface area contributed by atoms with E-state index in [2.05, 4.69) is 26.0 Å². The number of sulfone groups is 1. The molecule has 0 saturated carbocycles. The summed E-state index contributed by atoms with van der Waals surface area (Å²) >= 11 is 2.76. The third kappa shape index (κ3) is 2.58. The monoisotopic (exact) mass is 258 g/mol. The number of hydrogen-bond donors (Lipinski definition) is 0. The molecule has 0 radical (unpaired) electrons. The van der Waals surface area contributed by atoms with E-state index in [1.807, 2.05) is 6.92 Å². The first kappa shape index (κ1) is 10.3. The van der Waals surface area contributed by atoms with Gasteiger partial charge in [-0.2, -0.15) is 0 Å². The van der Waals surface area contributed by atoms with Crippen molar-refractivity contribution in [3.8, 4) is 10.1 Å². The van der Waals surface area contributed by atoms with Gasteiger partial charge in [0.1, 0.15) is 0 Å². The van der Waals surface area contributed by atoms with Crippen LogP contribution in [0.3, 0.4) is 0 Å². The van der Waals surface area contributed by atoms with E-state index in [1.54, 1.807) is 24.3 Å². The Morgan fingerprint density at radius 3 is 2.23 bits per heavy atom. The van der Waals surface area contributed by atoms with Gasteiger partial charge in [-0.05, 0) is 23.9 Å². The lowest BCUT2D eigenvalue weighted by molar-refractivity contribution is 0.606. The van der Waals surface area contributed by atoms with Crippen LogP contribution in [-0.4, -0.2) is 8.42 Å². The van der Waals surface area contributed by atoms with Crippen molar-refractivity contribution >= 4 is 25.8 Å². The minimum atomic E-state index is -3.44. The van der Waals surface area contributed by atoms with E-state index in [0.717, 1.165) is 5.56 Å². The Labute approximate surface area is 86.0 Å². The molecule has 0 aliphatic rings. The zero-order valence-electron chi connectivity index (χ0n) is 6.91. The zero-order valence-corrected chi connectivity index (χ0v) is 9.31. The normalized spacial score (nSPS) is 10.3. The van der Waals surface area contributed by atoms with Gasteiger partial charge in [-0.15, -0.1) is 0 Å². The highest BCUT2D eigenvalue weighted by molar-refractivity contribution is 9.12. The van der Waals surface area contributed by atoms with Gasteiger partial charge in [0.05, 0.1) is 4.90 Å². The molecule has 0 spiro atoms. The molecule has 0 heterocycles. The van der Waals surface area contributed by atoms with Crippen molar-refractivity contribution < 1.29 is 8.42 Å². The molecule has 13 heavy (non-hydrogen) atoms. The molecule has 1 rings (SSSR count). The summed E-state index contributed by atoms with van der Waals surface area (Å²) in [5.74, 6) is 0. The molecule has 68 valence electrons. The first-order valence-corrected chi connectivity index (χ1v) is 5.78. The van der Waals surface area contributed by atoms with Crippen molar-refractivity contribution in [2.45, 2.75) is 11.8 Å². The largest absolute Gasteiger partial charge is 0.246 e. The smallest absolute Gasteiger partial charge is 0.210 e. The van der Waals surface area contributed by atoms with Crippen molar-refractivity contribution in [2.24, 2.45) is 0 Å². The quantitative estimate of drug-likeness (QED) is 0.723. The van der Waals surface area contributed by atoms with Gasteiger partial charge in [-0.3, -0.25) is 0 Å². The number of aryl methyl sites for hydroxylation is 1. The molecule has 0 amide bonds. The maximum Gasteiger partial charge on any atom is 0.246 e. The maximum absolute atomic E-state index is 11.3. The van der Waals surface area contributed by atoms with Crippen LogP contribution in [0.2, 0.25) is 0 Å². The molecule has 0 fully saturated rings. The lowest BCUT2D eigenvalue weighted by Gasteiger charge is -1.96. The van der Waals surface area contributed by atoms with Crippen LogP contribution in [0.15, 0.2) is 29.2 Å². The topological polar surface area (TPSA) is 34.1 Å². The highest BCUT2D eigenvalue weighted by Crippen LogP contribution is 2.10. The first-order valence-electron chi connectivity index (χ1n) is 3.50. The zero-order chi connectivity index (χ0) is 9.90. The van der Waals surface area contributed by atoms with Crippen LogP contribution in [0, 0.1) is 17.0 Å². The molecular weight excluding hydrogens is 252 g/mol. The Bertz CT molecular complexity index is 449.